The quantitative estimate of drug-likeness (QED) is 0.250. The van der Waals surface area contributed by atoms with Gasteiger partial charge in [-0.05, 0) is 113 Å². The third-order valence-electron chi connectivity index (χ3n) is 7.85. The van der Waals surface area contributed by atoms with E-state index in [-0.39, 0.29) is 0 Å². The number of aryl methyl sites for hydroxylation is 7. The van der Waals surface area contributed by atoms with E-state index < -0.39 is 0 Å². The monoisotopic (exact) mass is 497 g/mol. The predicted molar refractivity (Wildman–Crippen MR) is 165 cm³/mol. The number of hydrogen-bond donors (Lipinski definition) is 1. The third kappa shape index (κ3) is 6.74. The van der Waals surface area contributed by atoms with Crippen LogP contribution in [0.25, 0.3) is 22.3 Å². The summed E-state index contributed by atoms with van der Waals surface area (Å²) in [5, 5.41) is 0. The van der Waals surface area contributed by atoms with Crippen LogP contribution in [0.2, 0.25) is 0 Å². The molecular formula is C36H51N. The van der Waals surface area contributed by atoms with E-state index in [4.69, 9.17) is 5.73 Å². The molecule has 0 saturated heterocycles. The molecule has 0 spiro atoms. The van der Waals surface area contributed by atoms with E-state index in [1.165, 1.54) is 79.6 Å². The van der Waals surface area contributed by atoms with Crippen LogP contribution >= 0.6 is 0 Å². The molecule has 3 rings (SSSR count). The molecule has 2 N–H and O–H groups in total. The summed E-state index contributed by atoms with van der Waals surface area (Å²) in [6.45, 7) is 16.6. The molecular weight excluding hydrogens is 446 g/mol. The molecule has 0 fully saturated rings. The largest absolute Gasteiger partial charge is 0.326 e. The Bertz CT molecular complexity index is 1180. The minimum Gasteiger partial charge on any atom is -0.326 e. The van der Waals surface area contributed by atoms with Crippen molar-refractivity contribution in [3.05, 3.63) is 80.9 Å². The van der Waals surface area contributed by atoms with Gasteiger partial charge in [0.25, 0.3) is 0 Å². The van der Waals surface area contributed by atoms with Gasteiger partial charge in [-0.25, -0.2) is 0 Å². The maximum atomic E-state index is 6.11. The Hall–Kier alpha value is -2.38. The summed E-state index contributed by atoms with van der Waals surface area (Å²) in [5.74, 6) is 0. The molecule has 0 radical (unpaired) electrons. The van der Waals surface area contributed by atoms with Gasteiger partial charge in [0.15, 0.2) is 0 Å². The molecule has 0 bridgehead atoms. The van der Waals surface area contributed by atoms with Gasteiger partial charge in [0.2, 0.25) is 0 Å². The summed E-state index contributed by atoms with van der Waals surface area (Å²) in [6, 6.07) is 15.0. The van der Waals surface area contributed by atoms with Gasteiger partial charge in [-0.1, -0.05) is 103 Å². The zero-order valence-corrected chi connectivity index (χ0v) is 24.8. The fourth-order valence-corrected chi connectivity index (χ4v) is 5.97. The van der Waals surface area contributed by atoms with Crippen LogP contribution in [0.3, 0.4) is 0 Å². The van der Waals surface area contributed by atoms with Gasteiger partial charge < -0.3 is 5.73 Å². The van der Waals surface area contributed by atoms with Crippen LogP contribution in [0.15, 0.2) is 36.4 Å². The van der Waals surface area contributed by atoms with Gasteiger partial charge in [-0.2, -0.15) is 0 Å². The molecule has 0 aliphatic heterocycles. The molecule has 0 aliphatic carbocycles. The maximum absolute atomic E-state index is 6.11. The Morgan fingerprint density at radius 3 is 1.16 bits per heavy atom. The zero-order valence-electron chi connectivity index (χ0n) is 24.8. The number of rotatable bonds is 13. The summed E-state index contributed by atoms with van der Waals surface area (Å²) >= 11 is 0. The van der Waals surface area contributed by atoms with Crippen LogP contribution in [-0.4, -0.2) is 0 Å². The van der Waals surface area contributed by atoms with Crippen LogP contribution in [0.4, 0.5) is 0 Å². The molecule has 0 aliphatic rings. The Labute approximate surface area is 227 Å². The smallest absolute Gasteiger partial charge is 0.0180 e. The molecule has 37 heavy (non-hydrogen) atoms. The molecule has 200 valence electrons. The van der Waals surface area contributed by atoms with Crippen molar-refractivity contribution in [2.45, 2.75) is 119 Å². The number of hydrogen-bond acceptors (Lipinski definition) is 1. The Kier molecular flexibility index (Phi) is 11.0. The van der Waals surface area contributed by atoms with Crippen LogP contribution in [0.1, 0.15) is 111 Å². The van der Waals surface area contributed by atoms with E-state index in [1.807, 2.05) is 0 Å². The lowest BCUT2D eigenvalue weighted by Crippen LogP contribution is -2.05. The van der Waals surface area contributed by atoms with E-state index in [1.54, 1.807) is 0 Å². The Morgan fingerprint density at radius 2 is 0.730 bits per heavy atom. The fourth-order valence-electron chi connectivity index (χ4n) is 5.97. The van der Waals surface area contributed by atoms with E-state index in [0.717, 1.165) is 51.4 Å². The minimum atomic E-state index is 0.610. The van der Waals surface area contributed by atoms with Crippen LogP contribution in [-0.2, 0) is 38.6 Å². The van der Waals surface area contributed by atoms with Crippen molar-refractivity contribution in [1.29, 1.82) is 0 Å². The summed E-state index contributed by atoms with van der Waals surface area (Å²) in [4.78, 5) is 0. The van der Waals surface area contributed by atoms with Crippen molar-refractivity contribution in [3.8, 4) is 22.3 Å². The molecule has 1 nitrogen and oxygen atoms in total. The Morgan fingerprint density at radius 1 is 0.405 bits per heavy atom. The SMILES string of the molecule is CCCc1cc(-c2cc(CCC)c(-c3cc(C)c(CN)cc3CCC)cc2CCC)c(CCC)cc1C. The third-order valence-corrected chi connectivity index (χ3v) is 7.85. The highest BCUT2D eigenvalue weighted by molar-refractivity contribution is 5.80. The van der Waals surface area contributed by atoms with Crippen LogP contribution < -0.4 is 5.73 Å². The van der Waals surface area contributed by atoms with E-state index in [9.17, 15) is 0 Å². The average molecular weight is 498 g/mol. The topological polar surface area (TPSA) is 26.0 Å². The maximum Gasteiger partial charge on any atom is 0.0180 e. The lowest BCUT2D eigenvalue weighted by atomic mass is 9.82. The van der Waals surface area contributed by atoms with Gasteiger partial charge in [0.1, 0.15) is 0 Å². The summed E-state index contributed by atoms with van der Waals surface area (Å²) in [7, 11) is 0. The molecule has 0 heterocycles. The lowest BCUT2D eigenvalue weighted by molar-refractivity contribution is 0.890. The highest BCUT2D eigenvalue weighted by Gasteiger charge is 2.18. The summed E-state index contributed by atoms with van der Waals surface area (Å²) in [5.41, 5.74) is 23.5. The van der Waals surface area contributed by atoms with Gasteiger partial charge >= 0.3 is 0 Å². The van der Waals surface area contributed by atoms with E-state index >= 15 is 0 Å². The number of nitrogens with two attached hydrogens (primary N) is 1. The highest BCUT2D eigenvalue weighted by Crippen LogP contribution is 2.39. The lowest BCUT2D eigenvalue weighted by Gasteiger charge is -2.22. The zero-order chi connectivity index (χ0) is 26.9. The highest BCUT2D eigenvalue weighted by atomic mass is 14.5. The van der Waals surface area contributed by atoms with Gasteiger partial charge in [0.05, 0.1) is 0 Å². The fraction of sp³-hybridized carbons (Fsp3) is 0.500. The molecule has 0 unspecified atom stereocenters. The molecule has 0 amide bonds. The van der Waals surface area contributed by atoms with Crippen LogP contribution in [0.5, 0.6) is 0 Å². The molecule has 0 saturated carbocycles. The Balaban J connectivity index is 2.34. The van der Waals surface area contributed by atoms with Crippen molar-refractivity contribution in [1.82, 2.24) is 0 Å². The minimum absolute atomic E-state index is 0.610. The second kappa shape index (κ2) is 14.0. The average Bonchev–Trinajstić information content (AvgIpc) is 2.88. The first-order chi connectivity index (χ1) is 17.9. The van der Waals surface area contributed by atoms with Crippen molar-refractivity contribution < 1.29 is 0 Å². The standard InChI is InChI=1S/C36H51N/c1-8-13-27-21-34(28(14-9-2)18-25(27)6)36-23-30(16-11-4)35(22-31(36)17-12-5)33-19-26(7)32(24-37)20-29(33)15-10-3/h18-23H,8-17,24,37H2,1-7H3. The normalized spacial score (nSPS) is 11.4. The van der Waals surface area contributed by atoms with Crippen molar-refractivity contribution >= 4 is 0 Å². The summed E-state index contributed by atoms with van der Waals surface area (Å²) in [6.07, 6.45) is 11.4. The second-order valence-electron chi connectivity index (χ2n) is 11.0. The second-order valence-corrected chi connectivity index (χ2v) is 11.0. The van der Waals surface area contributed by atoms with E-state index in [0.29, 0.717) is 6.54 Å². The predicted octanol–water partition coefficient (Wildman–Crippen LogP) is 9.86. The number of benzene rings is 3. The van der Waals surface area contributed by atoms with Gasteiger partial charge in [-0.3, -0.25) is 0 Å². The molecule has 0 atom stereocenters. The first kappa shape index (κ1) is 29.2. The summed E-state index contributed by atoms with van der Waals surface area (Å²) < 4.78 is 0. The van der Waals surface area contributed by atoms with Crippen LogP contribution in [0, 0.1) is 13.8 Å². The van der Waals surface area contributed by atoms with Crippen molar-refractivity contribution in [2.24, 2.45) is 5.73 Å². The van der Waals surface area contributed by atoms with E-state index in [2.05, 4.69) is 84.9 Å². The first-order valence-corrected chi connectivity index (χ1v) is 15.0. The molecule has 3 aromatic rings. The van der Waals surface area contributed by atoms with Crippen molar-refractivity contribution in [2.75, 3.05) is 0 Å². The first-order valence-electron chi connectivity index (χ1n) is 15.0. The van der Waals surface area contributed by atoms with Gasteiger partial charge in [0, 0.05) is 6.54 Å². The molecule has 0 aromatic heterocycles. The molecule has 1 heteroatoms. The van der Waals surface area contributed by atoms with Crippen molar-refractivity contribution in [3.63, 3.8) is 0 Å². The van der Waals surface area contributed by atoms with Gasteiger partial charge in [-0.15, -0.1) is 0 Å². The molecule has 3 aromatic carbocycles.